The normalized spacial score (nSPS) is 16.5. The minimum Gasteiger partial charge on any atom is -0.342 e. The number of thiazole rings is 1. The molecule has 0 spiro atoms. The van der Waals surface area contributed by atoms with Gasteiger partial charge in [-0.05, 0) is 74.8 Å². The van der Waals surface area contributed by atoms with Gasteiger partial charge in [0.25, 0.3) is 5.91 Å². The van der Waals surface area contributed by atoms with Crippen molar-refractivity contribution >= 4 is 39.2 Å². The van der Waals surface area contributed by atoms with Crippen LogP contribution in [-0.2, 0) is 19.6 Å². The van der Waals surface area contributed by atoms with Crippen molar-refractivity contribution in [3.05, 3.63) is 82.3 Å². The van der Waals surface area contributed by atoms with Crippen LogP contribution in [0.4, 0.5) is 0 Å². The Morgan fingerprint density at radius 2 is 1.80 bits per heavy atom. The van der Waals surface area contributed by atoms with E-state index in [0.29, 0.717) is 11.5 Å². The number of benzene rings is 2. The van der Waals surface area contributed by atoms with Gasteiger partial charge in [0.05, 0.1) is 39.2 Å². The molecule has 9 heteroatoms. The second kappa shape index (κ2) is 10.4. The maximum atomic E-state index is 14.0. The third kappa shape index (κ3) is 4.28. The van der Waals surface area contributed by atoms with Gasteiger partial charge in [-0.1, -0.05) is 25.0 Å². The minimum atomic E-state index is -0.495. The Balaban J connectivity index is 1.15. The maximum Gasteiger partial charge on any atom is 0.252 e. The van der Waals surface area contributed by atoms with Crippen molar-refractivity contribution in [2.45, 2.75) is 63.3 Å². The Morgan fingerprint density at radius 3 is 2.50 bits per heavy atom. The van der Waals surface area contributed by atoms with E-state index in [9.17, 15) is 4.79 Å². The highest BCUT2D eigenvalue weighted by Gasteiger charge is 2.44. The van der Waals surface area contributed by atoms with Crippen LogP contribution in [0.15, 0.2) is 60.4 Å². The molecule has 1 amide bonds. The summed E-state index contributed by atoms with van der Waals surface area (Å²) in [6.45, 7) is 2.02. The lowest BCUT2D eigenvalue weighted by molar-refractivity contribution is 0.0805. The molecular weight excluding hydrogens is 567 g/mol. The van der Waals surface area contributed by atoms with Crippen molar-refractivity contribution in [1.82, 2.24) is 34.4 Å². The number of nitrogens with zero attached hydrogens (tertiary/aromatic N) is 6. The summed E-state index contributed by atoms with van der Waals surface area (Å²) in [5, 5.41) is 7.78. The van der Waals surface area contributed by atoms with Gasteiger partial charge >= 0.3 is 0 Å². The molecule has 0 aliphatic heterocycles. The van der Waals surface area contributed by atoms with E-state index in [1.165, 1.54) is 36.6 Å². The molecule has 0 radical (unpaired) electrons. The molecule has 222 valence electrons. The molecule has 8 rings (SSSR count). The van der Waals surface area contributed by atoms with E-state index < -0.39 is 5.54 Å². The predicted octanol–water partition coefficient (Wildman–Crippen LogP) is 7.42. The molecule has 2 aliphatic rings. The smallest absolute Gasteiger partial charge is 0.252 e. The van der Waals surface area contributed by atoms with Gasteiger partial charge in [0.2, 0.25) is 0 Å². The fraction of sp³-hybridized carbons (Fsp3) is 0.343. The molecule has 8 nitrogen and oxygen atoms in total. The first-order valence-corrected chi connectivity index (χ1v) is 16.4. The molecule has 6 aromatic rings. The van der Waals surface area contributed by atoms with Crippen molar-refractivity contribution < 1.29 is 4.79 Å². The average molecular weight is 602 g/mol. The molecule has 4 aromatic heterocycles. The van der Waals surface area contributed by atoms with Gasteiger partial charge in [-0.2, -0.15) is 0 Å². The number of rotatable bonds is 6. The highest BCUT2D eigenvalue weighted by atomic mass is 32.1. The van der Waals surface area contributed by atoms with Crippen molar-refractivity contribution in [2.75, 3.05) is 0 Å². The van der Waals surface area contributed by atoms with Gasteiger partial charge in [-0.25, -0.2) is 9.97 Å². The Kier molecular flexibility index (Phi) is 6.41. The molecular formula is C35H35N7OS. The van der Waals surface area contributed by atoms with E-state index in [1.807, 2.05) is 25.3 Å². The summed E-state index contributed by atoms with van der Waals surface area (Å²) in [4.78, 5) is 32.8. The van der Waals surface area contributed by atoms with Crippen LogP contribution in [0.2, 0.25) is 0 Å². The Labute approximate surface area is 260 Å². The van der Waals surface area contributed by atoms with Crippen LogP contribution in [-0.4, -0.2) is 35.0 Å². The van der Waals surface area contributed by atoms with E-state index in [2.05, 4.69) is 73.1 Å². The average Bonchev–Trinajstić information content (AvgIpc) is 3.82. The van der Waals surface area contributed by atoms with Crippen LogP contribution < -0.4 is 5.32 Å². The van der Waals surface area contributed by atoms with E-state index in [4.69, 9.17) is 4.98 Å². The lowest BCUT2D eigenvalue weighted by Gasteiger charge is -2.41. The molecule has 2 aromatic carbocycles. The molecule has 2 fully saturated rings. The molecule has 4 heterocycles. The van der Waals surface area contributed by atoms with Gasteiger partial charge in [0.1, 0.15) is 11.5 Å². The lowest BCUT2D eigenvalue weighted by Crippen LogP contribution is -2.52. The van der Waals surface area contributed by atoms with E-state index in [1.54, 1.807) is 23.7 Å². The number of hydrogen-bond acceptors (Lipinski definition) is 6. The second-order valence-electron chi connectivity index (χ2n) is 12.5. The summed E-state index contributed by atoms with van der Waals surface area (Å²) in [5.41, 5.74) is 8.56. The first-order valence-electron chi connectivity index (χ1n) is 15.5. The number of imidazole rings is 1. The first kappa shape index (κ1) is 27.2. The van der Waals surface area contributed by atoms with Gasteiger partial charge in [-0.15, -0.1) is 11.3 Å². The Hall–Kier alpha value is -4.37. The number of hydrogen-bond donors (Lipinski definition) is 1. The number of aromatic nitrogens is 6. The zero-order chi connectivity index (χ0) is 30.0. The van der Waals surface area contributed by atoms with Crippen LogP contribution in [0.25, 0.3) is 44.6 Å². The molecule has 44 heavy (non-hydrogen) atoms. The zero-order valence-electron chi connectivity index (χ0n) is 25.3. The van der Waals surface area contributed by atoms with Crippen LogP contribution in [0.5, 0.6) is 0 Å². The summed E-state index contributed by atoms with van der Waals surface area (Å²) >= 11 is 1.65. The van der Waals surface area contributed by atoms with Crippen molar-refractivity contribution in [1.29, 1.82) is 0 Å². The standard InChI is InChI=1S/C35H35N7OS/c1-21-38-28(20-44-21)23-10-12-29-26(17-23)39-34(42(29)3)35(13-6-14-35)40-33(43)24-9-11-25-30(18-24)41(2)32(27-19-36-15-16-37-27)31(25)22-7-4-5-8-22/h9-12,15-20,22H,4-8,13-14H2,1-3H3,(H,40,43). The Bertz CT molecular complexity index is 2040. The summed E-state index contributed by atoms with van der Waals surface area (Å²) in [6.07, 6.45) is 12.9. The fourth-order valence-electron chi connectivity index (χ4n) is 7.47. The van der Waals surface area contributed by atoms with E-state index in [-0.39, 0.29) is 5.91 Å². The molecule has 2 saturated carbocycles. The summed E-state index contributed by atoms with van der Waals surface area (Å²) in [7, 11) is 4.14. The highest BCUT2D eigenvalue weighted by molar-refractivity contribution is 7.09. The lowest BCUT2D eigenvalue weighted by atomic mass is 9.75. The van der Waals surface area contributed by atoms with Crippen LogP contribution in [0.1, 0.15) is 77.6 Å². The van der Waals surface area contributed by atoms with E-state index >= 15 is 0 Å². The number of aryl methyl sites for hydroxylation is 3. The minimum absolute atomic E-state index is 0.0676. The fourth-order valence-corrected chi connectivity index (χ4v) is 8.10. The molecule has 0 saturated heterocycles. The molecule has 0 bridgehead atoms. The number of amides is 1. The molecule has 0 unspecified atom stereocenters. The summed E-state index contributed by atoms with van der Waals surface area (Å²) in [5.74, 6) is 1.33. The van der Waals surface area contributed by atoms with Crippen molar-refractivity contribution in [2.24, 2.45) is 14.1 Å². The highest BCUT2D eigenvalue weighted by Crippen LogP contribution is 2.45. The SMILES string of the molecule is Cc1nc(-c2ccc3c(c2)nc(C2(NC(=O)c4ccc5c(C6CCCC6)c(-c6cnccn6)n(C)c5c4)CCC2)n3C)cs1. The number of nitrogens with one attached hydrogen (secondary N) is 1. The largest absolute Gasteiger partial charge is 0.342 e. The molecule has 1 N–H and O–H groups in total. The molecule has 2 aliphatic carbocycles. The predicted molar refractivity (Wildman–Crippen MR) is 175 cm³/mol. The third-order valence-electron chi connectivity index (χ3n) is 9.85. The topological polar surface area (TPSA) is 90.5 Å². The zero-order valence-corrected chi connectivity index (χ0v) is 26.1. The molecule has 0 atom stereocenters. The number of carbonyl (C=O) groups is 1. The van der Waals surface area contributed by atoms with Crippen LogP contribution in [0, 0.1) is 6.92 Å². The summed E-state index contributed by atoms with van der Waals surface area (Å²) < 4.78 is 4.35. The van der Waals surface area contributed by atoms with Crippen LogP contribution in [0.3, 0.4) is 0 Å². The van der Waals surface area contributed by atoms with Crippen molar-refractivity contribution in [3.63, 3.8) is 0 Å². The van der Waals surface area contributed by atoms with Crippen LogP contribution >= 0.6 is 11.3 Å². The Morgan fingerprint density at radius 1 is 0.955 bits per heavy atom. The maximum absolute atomic E-state index is 14.0. The summed E-state index contributed by atoms with van der Waals surface area (Å²) in [6, 6.07) is 12.5. The van der Waals surface area contributed by atoms with Gasteiger partial charge in [-0.3, -0.25) is 14.8 Å². The quantitative estimate of drug-likeness (QED) is 0.215. The van der Waals surface area contributed by atoms with Gasteiger partial charge < -0.3 is 14.5 Å². The number of carbonyl (C=O) groups excluding carboxylic acids is 1. The second-order valence-corrected chi connectivity index (χ2v) is 13.5. The number of fused-ring (bicyclic) bond motifs is 2. The van der Waals surface area contributed by atoms with Crippen molar-refractivity contribution in [3.8, 4) is 22.6 Å². The third-order valence-corrected chi connectivity index (χ3v) is 10.6. The van der Waals surface area contributed by atoms with Gasteiger partial charge in [0, 0.05) is 53.9 Å². The van der Waals surface area contributed by atoms with Gasteiger partial charge in [0.15, 0.2) is 0 Å². The van der Waals surface area contributed by atoms with E-state index in [0.717, 1.165) is 69.3 Å². The monoisotopic (exact) mass is 601 g/mol. The first-order chi connectivity index (χ1) is 21.4.